The Morgan fingerprint density at radius 2 is 1.67 bits per heavy atom. The van der Waals surface area contributed by atoms with Gasteiger partial charge in [0.1, 0.15) is 0 Å². The summed E-state index contributed by atoms with van der Waals surface area (Å²) in [4.78, 5) is 30.1. The maximum Gasteiger partial charge on any atom is 0.265 e. The number of nitrogens with zero attached hydrogens (tertiary/aromatic N) is 2. The summed E-state index contributed by atoms with van der Waals surface area (Å²) in [6.45, 7) is 4.27. The number of hydrogen-bond donors (Lipinski definition) is 1. The highest BCUT2D eigenvalue weighted by Crippen LogP contribution is 2.16. The molecule has 1 N–H and O–H groups in total. The molecule has 4 rings (SSSR count). The molecule has 2 aromatic carbocycles. The molecule has 0 unspecified atom stereocenters. The predicted octanol–water partition coefficient (Wildman–Crippen LogP) is 4.35. The third-order valence-corrected chi connectivity index (χ3v) is 6.13. The van der Waals surface area contributed by atoms with E-state index in [1.165, 1.54) is 16.9 Å². The van der Waals surface area contributed by atoms with Crippen LogP contribution >= 0.6 is 11.3 Å². The van der Waals surface area contributed by atoms with Crippen LogP contribution in [0.5, 0.6) is 0 Å². The molecule has 1 aliphatic rings. The van der Waals surface area contributed by atoms with E-state index < -0.39 is 0 Å². The molecular weight excluding hydrogens is 394 g/mol. The van der Waals surface area contributed by atoms with E-state index in [-0.39, 0.29) is 11.8 Å². The Balaban J connectivity index is 1.33. The van der Waals surface area contributed by atoms with E-state index in [4.69, 9.17) is 0 Å². The molecule has 2 amide bonds. The number of nitrogens with one attached hydrogen (secondary N) is 1. The van der Waals surface area contributed by atoms with Crippen molar-refractivity contribution >= 4 is 28.8 Å². The van der Waals surface area contributed by atoms with E-state index in [1.54, 1.807) is 30.3 Å². The number of hydrogen-bond acceptors (Lipinski definition) is 4. The Hall–Kier alpha value is -2.96. The van der Waals surface area contributed by atoms with Gasteiger partial charge in [0, 0.05) is 44.0 Å². The van der Waals surface area contributed by atoms with Crippen LogP contribution in [0.3, 0.4) is 0 Å². The lowest BCUT2D eigenvalue weighted by atomic mass is 10.1. The SMILES string of the molecule is O=C(Nc1ccc(C(=O)N2CCCN(Cc3ccccc3)CC2)cc1)c1cccs1. The average Bonchev–Trinajstić information content (AvgIpc) is 3.22. The van der Waals surface area contributed by atoms with Crippen LogP contribution in [0.15, 0.2) is 72.1 Å². The molecular formula is C24H25N3O2S. The third-order valence-electron chi connectivity index (χ3n) is 5.26. The monoisotopic (exact) mass is 419 g/mol. The Morgan fingerprint density at radius 1 is 0.867 bits per heavy atom. The molecule has 0 atom stereocenters. The van der Waals surface area contributed by atoms with Gasteiger partial charge in [-0.15, -0.1) is 11.3 Å². The molecule has 1 aromatic heterocycles. The van der Waals surface area contributed by atoms with Gasteiger partial charge in [0.2, 0.25) is 0 Å². The first-order valence-corrected chi connectivity index (χ1v) is 11.1. The molecule has 30 heavy (non-hydrogen) atoms. The van der Waals surface area contributed by atoms with E-state index >= 15 is 0 Å². The molecule has 0 aliphatic carbocycles. The van der Waals surface area contributed by atoms with Crippen molar-refractivity contribution in [3.05, 3.63) is 88.1 Å². The molecule has 3 aromatic rings. The molecule has 5 nitrogen and oxygen atoms in total. The fourth-order valence-electron chi connectivity index (χ4n) is 3.65. The summed E-state index contributed by atoms with van der Waals surface area (Å²) in [6.07, 6.45) is 0.966. The van der Waals surface area contributed by atoms with Crippen molar-refractivity contribution in [3.63, 3.8) is 0 Å². The van der Waals surface area contributed by atoms with Crippen LogP contribution in [0.4, 0.5) is 5.69 Å². The molecule has 1 aliphatic heterocycles. The second-order valence-corrected chi connectivity index (χ2v) is 8.36. The minimum Gasteiger partial charge on any atom is -0.337 e. The molecule has 0 saturated carbocycles. The van der Waals surface area contributed by atoms with Gasteiger partial charge in [0.25, 0.3) is 11.8 Å². The fraction of sp³-hybridized carbons (Fsp3) is 0.250. The van der Waals surface area contributed by atoms with Crippen molar-refractivity contribution in [1.29, 1.82) is 0 Å². The van der Waals surface area contributed by atoms with Gasteiger partial charge in [-0.25, -0.2) is 0 Å². The van der Waals surface area contributed by atoms with Gasteiger partial charge in [0.15, 0.2) is 0 Å². The smallest absolute Gasteiger partial charge is 0.265 e. The summed E-state index contributed by atoms with van der Waals surface area (Å²) in [5.74, 6) is -0.0807. The molecule has 0 spiro atoms. The zero-order chi connectivity index (χ0) is 20.8. The summed E-state index contributed by atoms with van der Waals surface area (Å²) in [7, 11) is 0. The molecule has 1 saturated heterocycles. The summed E-state index contributed by atoms with van der Waals surface area (Å²) in [5.41, 5.74) is 2.65. The van der Waals surface area contributed by atoms with Gasteiger partial charge in [-0.2, -0.15) is 0 Å². The van der Waals surface area contributed by atoms with Crippen molar-refractivity contribution in [1.82, 2.24) is 9.80 Å². The zero-order valence-electron chi connectivity index (χ0n) is 16.8. The highest BCUT2D eigenvalue weighted by atomic mass is 32.1. The number of carbonyl (C=O) groups excluding carboxylic acids is 2. The van der Waals surface area contributed by atoms with Gasteiger partial charge in [-0.05, 0) is 47.7 Å². The first kappa shape index (κ1) is 20.3. The van der Waals surface area contributed by atoms with Crippen LogP contribution in [0.2, 0.25) is 0 Å². The standard InChI is InChI=1S/C24H25N3O2S/c28-23(22-8-4-17-30-22)25-21-11-9-20(10-12-21)24(29)27-14-5-13-26(15-16-27)18-19-6-2-1-3-7-19/h1-4,6-12,17H,5,13-16,18H2,(H,25,28). The maximum atomic E-state index is 13.0. The van der Waals surface area contributed by atoms with E-state index in [9.17, 15) is 9.59 Å². The van der Waals surface area contributed by atoms with Gasteiger partial charge >= 0.3 is 0 Å². The van der Waals surface area contributed by atoms with Crippen LogP contribution in [0.1, 0.15) is 32.0 Å². The van der Waals surface area contributed by atoms with Crippen LogP contribution < -0.4 is 5.32 Å². The summed E-state index contributed by atoms with van der Waals surface area (Å²) in [6, 6.07) is 21.3. The maximum absolute atomic E-state index is 13.0. The first-order chi connectivity index (χ1) is 14.7. The van der Waals surface area contributed by atoms with E-state index in [1.807, 2.05) is 22.4 Å². The van der Waals surface area contributed by atoms with Gasteiger partial charge in [-0.1, -0.05) is 36.4 Å². The number of rotatable bonds is 5. The van der Waals surface area contributed by atoms with Crippen molar-refractivity contribution in [2.45, 2.75) is 13.0 Å². The van der Waals surface area contributed by atoms with Crippen LogP contribution in [-0.4, -0.2) is 47.8 Å². The number of carbonyl (C=O) groups is 2. The minimum absolute atomic E-state index is 0.0488. The number of benzene rings is 2. The summed E-state index contributed by atoms with van der Waals surface area (Å²) < 4.78 is 0. The zero-order valence-corrected chi connectivity index (χ0v) is 17.6. The highest BCUT2D eigenvalue weighted by molar-refractivity contribution is 7.12. The van der Waals surface area contributed by atoms with Crippen molar-refractivity contribution in [2.24, 2.45) is 0 Å². The second kappa shape index (κ2) is 9.69. The van der Waals surface area contributed by atoms with Crippen LogP contribution in [0.25, 0.3) is 0 Å². The van der Waals surface area contributed by atoms with E-state index in [2.05, 4.69) is 34.5 Å². The summed E-state index contributed by atoms with van der Waals surface area (Å²) in [5, 5.41) is 4.74. The lowest BCUT2D eigenvalue weighted by Crippen LogP contribution is -2.35. The normalized spacial score (nSPS) is 14.9. The summed E-state index contributed by atoms with van der Waals surface area (Å²) >= 11 is 1.40. The van der Waals surface area contributed by atoms with E-state index in [0.717, 1.165) is 39.1 Å². The Kier molecular flexibility index (Phi) is 6.57. The van der Waals surface area contributed by atoms with Crippen molar-refractivity contribution < 1.29 is 9.59 Å². The van der Waals surface area contributed by atoms with Crippen LogP contribution in [-0.2, 0) is 6.54 Å². The molecule has 1 fully saturated rings. The van der Waals surface area contributed by atoms with Gasteiger partial charge in [-0.3, -0.25) is 14.5 Å². The topological polar surface area (TPSA) is 52.7 Å². The lowest BCUT2D eigenvalue weighted by molar-refractivity contribution is 0.0761. The highest BCUT2D eigenvalue weighted by Gasteiger charge is 2.20. The van der Waals surface area contributed by atoms with Crippen LogP contribution in [0, 0.1) is 0 Å². The molecule has 0 bridgehead atoms. The fourth-order valence-corrected chi connectivity index (χ4v) is 4.27. The Morgan fingerprint density at radius 3 is 2.40 bits per heavy atom. The Labute approximate surface area is 180 Å². The van der Waals surface area contributed by atoms with E-state index in [0.29, 0.717) is 16.1 Å². The quantitative estimate of drug-likeness (QED) is 0.669. The number of anilines is 1. The number of amides is 2. The number of thiophene rings is 1. The van der Waals surface area contributed by atoms with Crippen molar-refractivity contribution in [2.75, 3.05) is 31.5 Å². The van der Waals surface area contributed by atoms with Gasteiger partial charge < -0.3 is 10.2 Å². The minimum atomic E-state index is -0.130. The molecule has 0 radical (unpaired) electrons. The van der Waals surface area contributed by atoms with Gasteiger partial charge in [0.05, 0.1) is 4.88 Å². The first-order valence-electron chi connectivity index (χ1n) is 10.2. The molecule has 154 valence electrons. The average molecular weight is 420 g/mol. The second-order valence-electron chi connectivity index (χ2n) is 7.42. The lowest BCUT2D eigenvalue weighted by Gasteiger charge is -2.22. The van der Waals surface area contributed by atoms with Crippen molar-refractivity contribution in [3.8, 4) is 0 Å². The molecule has 2 heterocycles. The third kappa shape index (κ3) is 5.14. The predicted molar refractivity (Wildman–Crippen MR) is 121 cm³/mol. The molecule has 6 heteroatoms. The largest absolute Gasteiger partial charge is 0.337 e. The Bertz CT molecular complexity index is 971.